The fourth-order valence-electron chi connectivity index (χ4n) is 4.26. The molecule has 1 aliphatic heterocycles. The van der Waals surface area contributed by atoms with Gasteiger partial charge in [0.15, 0.2) is 5.65 Å². The van der Waals surface area contributed by atoms with Crippen molar-refractivity contribution in [3.8, 4) is 11.4 Å². The molecule has 1 atom stereocenters. The first kappa shape index (κ1) is 22.2. The standard InChI is InChI=1S/C24H21Cl2F2N5/c25-16-5-6-18(27)15(10-16)4-7-21-30-12-20-23(32-21)33(13-14-8-9-29-11-14)24(31-20)22-17(26)2-1-3-19(22)28/h1-3,5-6,10,12,14,29H,4,7-9,11,13H2/t14-/m0/s1. The summed E-state index contributed by atoms with van der Waals surface area (Å²) in [5.74, 6) is 0.612. The molecule has 1 fully saturated rings. The van der Waals surface area contributed by atoms with Gasteiger partial charge in [-0.15, -0.1) is 0 Å². The number of rotatable bonds is 6. The summed E-state index contributed by atoms with van der Waals surface area (Å²) >= 11 is 12.4. The average Bonchev–Trinajstić information content (AvgIpc) is 3.43. The Balaban J connectivity index is 1.54. The molecule has 0 spiro atoms. The third kappa shape index (κ3) is 4.58. The number of aryl methyl sites for hydroxylation is 2. The summed E-state index contributed by atoms with van der Waals surface area (Å²) in [6.07, 6.45) is 3.48. The smallest absolute Gasteiger partial charge is 0.164 e. The van der Waals surface area contributed by atoms with Crippen molar-refractivity contribution in [3.63, 3.8) is 0 Å². The largest absolute Gasteiger partial charge is 0.316 e. The number of hydrogen-bond donors (Lipinski definition) is 1. The van der Waals surface area contributed by atoms with E-state index < -0.39 is 5.82 Å². The van der Waals surface area contributed by atoms with Crippen LogP contribution in [0.2, 0.25) is 10.0 Å². The van der Waals surface area contributed by atoms with Crippen LogP contribution in [0.4, 0.5) is 8.78 Å². The minimum atomic E-state index is -0.437. The lowest BCUT2D eigenvalue weighted by molar-refractivity contribution is 0.489. The molecule has 33 heavy (non-hydrogen) atoms. The van der Waals surface area contributed by atoms with E-state index in [1.807, 2.05) is 4.57 Å². The monoisotopic (exact) mass is 487 g/mol. The van der Waals surface area contributed by atoms with Gasteiger partial charge in [0.25, 0.3) is 0 Å². The maximum Gasteiger partial charge on any atom is 0.164 e. The van der Waals surface area contributed by atoms with Gasteiger partial charge in [0.1, 0.15) is 28.8 Å². The highest BCUT2D eigenvalue weighted by Gasteiger charge is 2.24. The first-order valence-corrected chi connectivity index (χ1v) is 11.6. The molecule has 1 N–H and O–H groups in total. The Hall–Kier alpha value is -2.61. The van der Waals surface area contributed by atoms with Crippen molar-refractivity contribution < 1.29 is 8.78 Å². The molecular formula is C24H21Cl2F2N5. The van der Waals surface area contributed by atoms with Gasteiger partial charge in [0, 0.05) is 18.0 Å². The van der Waals surface area contributed by atoms with Crippen LogP contribution in [0.15, 0.2) is 42.6 Å². The van der Waals surface area contributed by atoms with Crippen LogP contribution in [-0.4, -0.2) is 32.6 Å². The quantitative estimate of drug-likeness (QED) is 0.391. The van der Waals surface area contributed by atoms with Gasteiger partial charge in [-0.1, -0.05) is 29.3 Å². The van der Waals surface area contributed by atoms with E-state index in [2.05, 4.69) is 15.3 Å². The van der Waals surface area contributed by atoms with Gasteiger partial charge in [-0.05, 0) is 67.7 Å². The number of aromatic nitrogens is 4. The summed E-state index contributed by atoms with van der Waals surface area (Å²) in [5.41, 5.74) is 1.95. The van der Waals surface area contributed by atoms with Crippen LogP contribution in [0, 0.1) is 17.6 Å². The van der Waals surface area contributed by atoms with Crippen LogP contribution in [0.3, 0.4) is 0 Å². The van der Waals surface area contributed by atoms with E-state index in [0.29, 0.717) is 63.7 Å². The second-order valence-corrected chi connectivity index (χ2v) is 9.08. The molecule has 0 amide bonds. The highest BCUT2D eigenvalue weighted by atomic mass is 35.5. The number of benzene rings is 2. The Morgan fingerprint density at radius 3 is 2.73 bits per heavy atom. The van der Waals surface area contributed by atoms with Gasteiger partial charge in [-0.3, -0.25) is 0 Å². The minimum Gasteiger partial charge on any atom is -0.316 e. The summed E-state index contributed by atoms with van der Waals surface area (Å²) < 4.78 is 30.8. The van der Waals surface area contributed by atoms with Crippen molar-refractivity contribution in [1.82, 2.24) is 24.8 Å². The molecule has 5 nitrogen and oxygen atoms in total. The summed E-state index contributed by atoms with van der Waals surface area (Å²) in [4.78, 5) is 13.8. The first-order valence-electron chi connectivity index (χ1n) is 10.8. The van der Waals surface area contributed by atoms with Crippen LogP contribution in [0.5, 0.6) is 0 Å². The zero-order valence-electron chi connectivity index (χ0n) is 17.7. The molecular weight excluding hydrogens is 467 g/mol. The van der Waals surface area contributed by atoms with Crippen molar-refractivity contribution in [1.29, 1.82) is 0 Å². The molecule has 0 radical (unpaired) electrons. The van der Waals surface area contributed by atoms with Crippen LogP contribution < -0.4 is 5.32 Å². The molecule has 0 bridgehead atoms. The lowest BCUT2D eigenvalue weighted by Gasteiger charge is -2.14. The van der Waals surface area contributed by atoms with E-state index in [9.17, 15) is 8.78 Å². The normalized spacial score (nSPS) is 16.1. The average molecular weight is 488 g/mol. The molecule has 2 aromatic carbocycles. The molecule has 0 saturated carbocycles. The number of hydrogen-bond acceptors (Lipinski definition) is 4. The number of nitrogens with one attached hydrogen (secondary N) is 1. The van der Waals surface area contributed by atoms with Crippen molar-refractivity contribution in [2.45, 2.75) is 25.8 Å². The Kier molecular flexibility index (Phi) is 6.27. The van der Waals surface area contributed by atoms with Crippen LogP contribution in [0.25, 0.3) is 22.6 Å². The van der Waals surface area contributed by atoms with E-state index in [1.54, 1.807) is 24.4 Å². The molecule has 1 saturated heterocycles. The number of imidazole rings is 1. The Morgan fingerprint density at radius 2 is 1.94 bits per heavy atom. The number of halogens is 4. The molecule has 170 valence electrons. The molecule has 0 unspecified atom stereocenters. The predicted octanol–water partition coefficient (Wildman–Crippen LogP) is 5.47. The second kappa shape index (κ2) is 9.33. The zero-order valence-corrected chi connectivity index (χ0v) is 19.2. The second-order valence-electron chi connectivity index (χ2n) is 8.23. The highest BCUT2D eigenvalue weighted by Crippen LogP contribution is 2.33. The molecule has 1 aliphatic rings. The van der Waals surface area contributed by atoms with Crippen molar-refractivity contribution in [3.05, 3.63) is 75.7 Å². The van der Waals surface area contributed by atoms with Crippen molar-refractivity contribution >= 4 is 34.4 Å². The fourth-order valence-corrected chi connectivity index (χ4v) is 4.70. The predicted molar refractivity (Wildman–Crippen MR) is 126 cm³/mol. The molecule has 5 rings (SSSR count). The molecule has 2 aromatic heterocycles. The third-order valence-corrected chi connectivity index (χ3v) is 6.50. The van der Waals surface area contributed by atoms with E-state index >= 15 is 0 Å². The van der Waals surface area contributed by atoms with Gasteiger partial charge in [-0.25, -0.2) is 23.7 Å². The lowest BCUT2D eigenvalue weighted by atomic mass is 10.1. The van der Waals surface area contributed by atoms with Crippen LogP contribution in [-0.2, 0) is 19.4 Å². The molecule has 0 aliphatic carbocycles. The summed E-state index contributed by atoms with van der Waals surface area (Å²) in [6, 6.07) is 9.09. The van der Waals surface area contributed by atoms with Gasteiger partial charge < -0.3 is 9.88 Å². The summed E-state index contributed by atoms with van der Waals surface area (Å²) in [7, 11) is 0. The van der Waals surface area contributed by atoms with Gasteiger partial charge in [0.2, 0.25) is 0 Å². The maximum absolute atomic E-state index is 14.8. The van der Waals surface area contributed by atoms with Crippen LogP contribution >= 0.6 is 23.2 Å². The first-order chi connectivity index (χ1) is 16.0. The van der Waals surface area contributed by atoms with E-state index in [-0.39, 0.29) is 11.4 Å². The molecule has 4 aromatic rings. The topological polar surface area (TPSA) is 55.6 Å². The van der Waals surface area contributed by atoms with Crippen LogP contribution in [0.1, 0.15) is 17.8 Å². The SMILES string of the molecule is Fc1ccc(Cl)cc1CCc1ncc2nc(-c3c(F)cccc3Cl)n(C[C@H]3CCNC3)c2n1. The minimum absolute atomic E-state index is 0.255. The van der Waals surface area contributed by atoms with E-state index in [1.165, 1.54) is 18.2 Å². The molecule has 3 heterocycles. The maximum atomic E-state index is 14.8. The Labute approximate surface area is 199 Å². The van der Waals surface area contributed by atoms with Gasteiger partial charge >= 0.3 is 0 Å². The number of fused-ring (bicyclic) bond motifs is 1. The lowest BCUT2D eigenvalue weighted by Crippen LogP contribution is -2.16. The number of nitrogens with zero attached hydrogens (tertiary/aromatic N) is 4. The summed E-state index contributed by atoms with van der Waals surface area (Å²) in [5, 5.41) is 4.14. The Morgan fingerprint density at radius 1 is 1.06 bits per heavy atom. The summed E-state index contributed by atoms with van der Waals surface area (Å²) in [6.45, 7) is 2.44. The zero-order chi connectivity index (χ0) is 22.9. The highest BCUT2D eigenvalue weighted by molar-refractivity contribution is 6.33. The van der Waals surface area contributed by atoms with Crippen molar-refractivity contribution in [2.75, 3.05) is 13.1 Å². The van der Waals surface area contributed by atoms with Gasteiger partial charge in [-0.2, -0.15) is 0 Å². The van der Waals surface area contributed by atoms with E-state index in [0.717, 1.165) is 19.5 Å². The van der Waals surface area contributed by atoms with Crippen molar-refractivity contribution in [2.24, 2.45) is 5.92 Å². The van der Waals surface area contributed by atoms with E-state index in [4.69, 9.17) is 28.2 Å². The fraction of sp³-hybridized carbons (Fsp3) is 0.292. The van der Waals surface area contributed by atoms with Gasteiger partial charge in [0.05, 0.1) is 16.8 Å². The Bertz CT molecular complexity index is 1300. The molecule has 9 heteroatoms. The third-order valence-electron chi connectivity index (χ3n) is 5.95.